The van der Waals surface area contributed by atoms with Crippen LogP contribution in [-0.2, 0) is 34.0 Å². The molecule has 1 N–H and O–H groups in total. The van der Waals surface area contributed by atoms with Crippen LogP contribution < -0.4 is 10.1 Å². The zero-order valence-electron chi connectivity index (χ0n) is 24.3. The first-order valence-corrected chi connectivity index (χ1v) is 11.0. The van der Waals surface area contributed by atoms with Crippen molar-refractivity contribution in [1.82, 2.24) is 15.1 Å². The Morgan fingerprint density at radius 2 is 2.00 bits per heavy atom. The van der Waals surface area contributed by atoms with Crippen molar-refractivity contribution in [3.8, 4) is 5.75 Å². The molecule has 0 spiro atoms. The maximum atomic E-state index is 15.4. The van der Waals surface area contributed by atoms with Gasteiger partial charge < -0.3 is 14.4 Å². The number of nitrogens with one attached hydrogen (secondary N) is 1. The van der Waals surface area contributed by atoms with Gasteiger partial charge in [0.25, 0.3) is 5.91 Å². The molecule has 3 aliphatic heterocycles. The van der Waals surface area contributed by atoms with Crippen LogP contribution in [0.5, 0.6) is 5.75 Å². The highest BCUT2D eigenvalue weighted by atomic mass is 19.1. The quantitative estimate of drug-likeness (QED) is 0.646. The minimum atomic E-state index is -1.04. The predicted octanol–water partition coefficient (Wildman–Crippen LogP) is 2.00. The summed E-state index contributed by atoms with van der Waals surface area (Å²) in [5.41, 5.74) is -0.487. The van der Waals surface area contributed by atoms with Crippen LogP contribution in [0.3, 0.4) is 0 Å². The molecule has 0 saturated carbocycles. The molecule has 2 saturated heterocycles. The van der Waals surface area contributed by atoms with Gasteiger partial charge in [-0.2, -0.15) is 0 Å². The number of imide groups is 1. The third-order valence-electron chi connectivity index (χ3n) is 6.07. The van der Waals surface area contributed by atoms with Gasteiger partial charge in [-0.1, -0.05) is 18.1 Å². The summed E-state index contributed by atoms with van der Waals surface area (Å²) in [5, 5.41) is 2.17. The summed E-state index contributed by atoms with van der Waals surface area (Å²) in [7, 11) is 0. The molecule has 0 aromatic heterocycles. The number of halogens is 1. The van der Waals surface area contributed by atoms with E-state index in [0.717, 1.165) is 4.90 Å². The molecule has 2 aromatic rings. The second kappa shape index (κ2) is 9.52. The van der Waals surface area contributed by atoms with Crippen molar-refractivity contribution in [2.75, 3.05) is 26.3 Å². The topological polar surface area (TPSA) is 88.2 Å². The van der Waals surface area contributed by atoms with Gasteiger partial charge in [0.15, 0.2) is 0 Å². The fraction of sp³-hybridized carbons (Fsp3) is 0.400. The number of piperidine rings is 1. The number of carbonyl (C=O) groups excluding carboxylic acids is 3. The van der Waals surface area contributed by atoms with Gasteiger partial charge in [-0.15, -0.1) is 0 Å². The molecule has 2 fully saturated rings. The highest BCUT2D eigenvalue weighted by Gasteiger charge is 2.40. The molecule has 8 nitrogen and oxygen atoms in total. The summed E-state index contributed by atoms with van der Waals surface area (Å²) < 4.78 is 76.3. The van der Waals surface area contributed by atoms with Crippen molar-refractivity contribution < 1.29 is 36.5 Å². The first kappa shape index (κ1) is 16.3. The lowest BCUT2D eigenvalue weighted by atomic mass is 10.0. The van der Waals surface area contributed by atoms with Gasteiger partial charge in [0.1, 0.15) is 24.2 Å². The van der Waals surface area contributed by atoms with Gasteiger partial charge in [0, 0.05) is 42.7 Å². The molecule has 178 valence electrons. The summed E-state index contributed by atoms with van der Waals surface area (Å²) in [6.07, 6.45) is 0.0805. The monoisotopic (exact) mass is 473 g/mol. The van der Waals surface area contributed by atoms with Crippen molar-refractivity contribution in [3.63, 3.8) is 0 Å². The molecule has 0 radical (unpaired) electrons. The molecule has 0 unspecified atom stereocenters. The Morgan fingerprint density at radius 1 is 1.18 bits per heavy atom. The zero-order chi connectivity index (χ0) is 28.9. The fourth-order valence-corrected chi connectivity index (χ4v) is 4.24. The van der Waals surface area contributed by atoms with E-state index in [4.69, 9.17) is 17.7 Å². The number of benzene rings is 2. The third kappa shape index (κ3) is 4.53. The number of amides is 3. The summed E-state index contributed by atoms with van der Waals surface area (Å²) in [6.45, 7) is 1.25. The Labute approximate surface area is 205 Å². The van der Waals surface area contributed by atoms with Crippen molar-refractivity contribution in [1.29, 1.82) is 0 Å². The molecule has 1 atom stereocenters. The summed E-state index contributed by atoms with van der Waals surface area (Å²) in [6, 6.07) is -4.00. The van der Waals surface area contributed by atoms with Gasteiger partial charge in [0.05, 0.1) is 28.0 Å². The highest BCUT2D eigenvalue weighted by Crippen LogP contribution is 2.34. The van der Waals surface area contributed by atoms with Crippen LogP contribution in [0, 0.1) is 5.82 Å². The molecule has 34 heavy (non-hydrogen) atoms. The van der Waals surface area contributed by atoms with E-state index < -0.39 is 66.4 Å². The number of carbonyl (C=O) groups is 3. The molecule has 3 heterocycles. The van der Waals surface area contributed by atoms with Crippen LogP contribution in [0.4, 0.5) is 4.39 Å². The van der Waals surface area contributed by atoms with E-state index >= 15 is 4.39 Å². The Kier molecular flexibility index (Phi) is 4.58. The van der Waals surface area contributed by atoms with E-state index in [1.807, 2.05) is 4.90 Å². The second-order valence-electron chi connectivity index (χ2n) is 8.28. The van der Waals surface area contributed by atoms with Gasteiger partial charge in [0.2, 0.25) is 11.8 Å². The standard InChI is InChI=1S/C25H26FN3O5/c26-20-12-16(13-28-8-10-33-11-9-28)4-5-17(20)15-34-22-3-1-2-18-19(22)14-29(25(18)32)21-6-7-23(30)27-24(21)31/h1-5,12,21H,6-11,13-15H2,(H,27,30,31)/t21-/m1/s1/i1D,2D,3D,4D,5D,12D. The first-order chi connectivity index (χ1) is 19.0. The minimum Gasteiger partial charge on any atom is -0.488 e. The van der Waals surface area contributed by atoms with Gasteiger partial charge >= 0.3 is 0 Å². The zero-order valence-corrected chi connectivity index (χ0v) is 18.3. The Balaban J connectivity index is 1.45. The fourth-order valence-electron chi connectivity index (χ4n) is 4.24. The molecule has 3 amide bonds. The molecular weight excluding hydrogens is 441 g/mol. The van der Waals surface area contributed by atoms with E-state index in [-0.39, 0.29) is 60.0 Å². The molecule has 5 rings (SSSR count). The number of nitrogens with zero attached hydrogens (tertiary/aromatic N) is 2. The lowest BCUT2D eigenvalue weighted by Crippen LogP contribution is -2.52. The van der Waals surface area contributed by atoms with Crippen molar-refractivity contribution in [3.05, 3.63) is 64.3 Å². The Bertz CT molecular complexity index is 1410. The first-order valence-electron chi connectivity index (χ1n) is 14.0. The normalized spacial score (nSPS) is 23.4. The van der Waals surface area contributed by atoms with E-state index in [2.05, 4.69) is 5.32 Å². The number of ether oxygens (including phenoxy) is 2. The van der Waals surface area contributed by atoms with Crippen molar-refractivity contribution >= 4 is 17.7 Å². The molecule has 9 heteroatoms. The van der Waals surface area contributed by atoms with Crippen LogP contribution in [0.2, 0.25) is 0 Å². The van der Waals surface area contributed by atoms with Gasteiger partial charge in [-0.25, -0.2) is 4.39 Å². The number of hydrogen-bond acceptors (Lipinski definition) is 6. The van der Waals surface area contributed by atoms with Crippen LogP contribution in [-0.4, -0.2) is 59.9 Å². The molecule has 0 bridgehead atoms. The lowest BCUT2D eigenvalue weighted by molar-refractivity contribution is -0.136. The van der Waals surface area contributed by atoms with Crippen LogP contribution in [0.15, 0.2) is 36.3 Å². The van der Waals surface area contributed by atoms with Crippen molar-refractivity contribution in [2.45, 2.75) is 38.6 Å². The summed E-state index contributed by atoms with van der Waals surface area (Å²) in [5.74, 6) is -3.20. The third-order valence-corrected chi connectivity index (χ3v) is 6.07. The highest BCUT2D eigenvalue weighted by molar-refractivity contribution is 6.05. The smallest absolute Gasteiger partial charge is 0.255 e. The summed E-state index contributed by atoms with van der Waals surface area (Å²) >= 11 is 0. The maximum Gasteiger partial charge on any atom is 0.255 e. The second-order valence-corrected chi connectivity index (χ2v) is 8.28. The van der Waals surface area contributed by atoms with Crippen LogP contribution in [0.1, 0.15) is 48.1 Å². The Hall–Kier alpha value is -3.30. The molecule has 3 aliphatic rings. The van der Waals surface area contributed by atoms with E-state index in [9.17, 15) is 14.4 Å². The Morgan fingerprint density at radius 3 is 2.79 bits per heavy atom. The van der Waals surface area contributed by atoms with E-state index in [0.29, 0.717) is 26.3 Å². The number of morpholine rings is 1. The lowest BCUT2D eigenvalue weighted by Gasteiger charge is -2.29. The van der Waals surface area contributed by atoms with Crippen molar-refractivity contribution in [2.24, 2.45) is 0 Å². The van der Waals surface area contributed by atoms with E-state index in [1.54, 1.807) is 0 Å². The number of fused-ring (bicyclic) bond motifs is 1. The largest absolute Gasteiger partial charge is 0.488 e. The predicted molar refractivity (Wildman–Crippen MR) is 119 cm³/mol. The number of hydrogen-bond donors (Lipinski definition) is 1. The van der Waals surface area contributed by atoms with Gasteiger partial charge in [-0.05, 0) is 30.1 Å². The average molecular weight is 474 g/mol. The maximum absolute atomic E-state index is 15.4. The average Bonchev–Trinajstić information content (AvgIpc) is 3.27. The van der Waals surface area contributed by atoms with Crippen LogP contribution >= 0.6 is 0 Å². The minimum absolute atomic E-state index is 0.0129. The summed E-state index contributed by atoms with van der Waals surface area (Å²) in [4.78, 5) is 40.2. The molecule has 0 aliphatic carbocycles. The number of rotatable bonds is 6. The molecular formula is C25H26FN3O5. The van der Waals surface area contributed by atoms with Gasteiger partial charge in [-0.3, -0.25) is 24.6 Å². The molecule has 2 aromatic carbocycles. The van der Waals surface area contributed by atoms with E-state index in [1.165, 1.54) is 0 Å². The SMILES string of the molecule is [2H]c1c([2H])c(OCc2c([2H])c([2H])c(CN3CCOCC3)c([2H])c2F)c2c(c1[2H])C(=O)N([C@@H]1CCC(=O)NC1=O)C2. The van der Waals surface area contributed by atoms with Crippen LogP contribution in [0.25, 0.3) is 0 Å².